The predicted molar refractivity (Wildman–Crippen MR) is 248 cm³/mol. The highest BCUT2D eigenvalue weighted by Crippen LogP contribution is 2.59. The van der Waals surface area contributed by atoms with Crippen molar-refractivity contribution >= 4 is 60.4 Å². The summed E-state index contributed by atoms with van der Waals surface area (Å²) < 4.78 is 67.3. The summed E-state index contributed by atoms with van der Waals surface area (Å²) in [6, 6.07) is 61.4. The summed E-state index contributed by atoms with van der Waals surface area (Å²) in [5.41, 5.74) is 8.68. The van der Waals surface area contributed by atoms with Gasteiger partial charge in [-0.15, -0.1) is 0 Å². The summed E-state index contributed by atoms with van der Waals surface area (Å²) in [6.45, 7) is 0. The van der Waals surface area contributed by atoms with Gasteiger partial charge in [-0.2, -0.15) is 0 Å². The number of nitrogens with zero attached hydrogens (tertiary/aromatic N) is 2. The number of para-hydroxylation sites is 3. The SMILES string of the molecule is [2H]c1c([2H])c([2H])c2c(C3(c4ccc5c6ccccc6n(-c6ccccc6)c5c4)c4ccccc4-c4cc(N(c5ccccc5)c5cccc6ccccc56)ccc43)c([2H])c([2H])c([2H])c2c1[2H]. The van der Waals surface area contributed by atoms with Crippen molar-refractivity contribution in [3.8, 4) is 16.8 Å². The summed E-state index contributed by atoms with van der Waals surface area (Å²) >= 11 is 0. The molecular weight excluding hydrogens is 713 g/mol. The van der Waals surface area contributed by atoms with E-state index in [0.29, 0.717) is 0 Å². The van der Waals surface area contributed by atoms with Crippen LogP contribution in [0.1, 0.15) is 31.8 Å². The highest BCUT2D eigenvalue weighted by Gasteiger charge is 2.47. The molecule has 0 spiro atoms. The lowest BCUT2D eigenvalue weighted by molar-refractivity contribution is 0.777. The molecule has 59 heavy (non-hydrogen) atoms. The summed E-state index contributed by atoms with van der Waals surface area (Å²) in [5.74, 6) is 0. The number of fused-ring (bicyclic) bond motifs is 8. The summed E-state index contributed by atoms with van der Waals surface area (Å²) in [5, 5.41) is 4.25. The first-order valence-electron chi connectivity index (χ1n) is 23.4. The zero-order chi connectivity index (χ0) is 45.0. The molecule has 0 fully saturated rings. The smallest absolute Gasteiger partial charge is 0.0720 e. The van der Waals surface area contributed by atoms with Crippen LogP contribution in [-0.4, -0.2) is 4.57 Å². The van der Waals surface area contributed by atoms with Crippen LogP contribution in [0.25, 0.3) is 60.2 Å². The van der Waals surface area contributed by atoms with Gasteiger partial charge in [0.15, 0.2) is 0 Å². The Morgan fingerprint density at radius 3 is 2.00 bits per heavy atom. The molecule has 0 N–H and O–H groups in total. The van der Waals surface area contributed by atoms with Crippen LogP contribution in [0.2, 0.25) is 0 Å². The Morgan fingerprint density at radius 1 is 0.407 bits per heavy atom. The molecule has 0 bridgehead atoms. The summed E-state index contributed by atoms with van der Waals surface area (Å²) in [4.78, 5) is 2.26. The fourth-order valence-corrected chi connectivity index (χ4v) is 9.70. The van der Waals surface area contributed by atoms with Crippen LogP contribution in [-0.2, 0) is 5.41 Å². The minimum atomic E-state index is -1.41. The Morgan fingerprint density at radius 2 is 1.10 bits per heavy atom. The minimum absolute atomic E-state index is 0.0593. The first-order chi connectivity index (χ1) is 32.2. The Bertz CT molecular complexity index is 3800. The zero-order valence-corrected chi connectivity index (χ0v) is 31.8. The molecule has 1 heterocycles. The van der Waals surface area contributed by atoms with Gasteiger partial charge in [0, 0.05) is 33.2 Å². The van der Waals surface area contributed by atoms with Crippen molar-refractivity contribution < 1.29 is 9.60 Å². The van der Waals surface area contributed by atoms with Crippen molar-refractivity contribution in [2.24, 2.45) is 0 Å². The van der Waals surface area contributed by atoms with Gasteiger partial charge in [-0.05, 0) is 104 Å². The fourth-order valence-electron chi connectivity index (χ4n) is 9.70. The van der Waals surface area contributed by atoms with Crippen molar-refractivity contribution in [2.45, 2.75) is 5.41 Å². The molecule has 1 unspecified atom stereocenters. The minimum Gasteiger partial charge on any atom is -0.310 e. The maximum Gasteiger partial charge on any atom is 0.0720 e. The van der Waals surface area contributed by atoms with Crippen molar-refractivity contribution in [3.63, 3.8) is 0 Å². The molecule has 1 atom stereocenters. The summed E-state index contributed by atoms with van der Waals surface area (Å²) in [6.07, 6.45) is 0. The van der Waals surface area contributed by atoms with E-state index in [1.165, 1.54) is 0 Å². The molecule has 2 heteroatoms. The molecular formula is C57H38N2. The Balaban J connectivity index is 1.25. The summed E-state index contributed by atoms with van der Waals surface area (Å²) in [7, 11) is 0. The number of rotatable bonds is 6. The predicted octanol–water partition coefficient (Wildman–Crippen LogP) is 14.9. The van der Waals surface area contributed by atoms with Crippen molar-refractivity contribution in [3.05, 3.63) is 253 Å². The number of aromatic nitrogens is 1. The molecule has 1 aliphatic rings. The van der Waals surface area contributed by atoms with E-state index in [-0.39, 0.29) is 28.4 Å². The lowest BCUT2D eigenvalue weighted by Crippen LogP contribution is -2.29. The fraction of sp³-hybridized carbons (Fsp3) is 0.0175. The normalized spacial score (nSPS) is 16.2. The van der Waals surface area contributed by atoms with E-state index in [0.717, 1.165) is 83.1 Å². The average Bonchev–Trinajstić information content (AvgIpc) is 3.85. The molecule has 11 aromatic rings. The van der Waals surface area contributed by atoms with Crippen molar-refractivity contribution in [1.29, 1.82) is 0 Å². The highest BCUT2D eigenvalue weighted by atomic mass is 15.1. The molecule has 0 radical (unpaired) electrons. The molecule has 1 aromatic heterocycles. The third-order valence-electron chi connectivity index (χ3n) is 12.1. The molecule has 1 aliphatic carbocycles. The standard InChI is InChI=1S/C57H38N2/c1-3-21-42(22-4-1)58(54-32-16-20-40-18-8-10-26-46(40)54)44-34-36-53-50(38-44)47-27-11-13-29-52(47)57(53,51-30-15-19-39-17-7-9-25-45(39)51)41-33-35-49-48-28-12-14-31-55(48)59(56(49)37-41)43-23-5-2-6-24-43/h1-38H/i7D,9D,15D,17D,19D,25D,30D. The van der Waals surface area contributed by atoms with Gasteiger partial charge in [0.25, 0.3) is 0 Å². The Labute approximate surface area is 353 Å². The topological polar surface area (TPSA) is 8.17 Å². The van der Waals surface area contributed by atoms with Crippen LogP contribution in [0, 0.1) is 0 Å². The highest BCUT2D eigenvalue weighted by molar-refractivity contribution is 6.10. The number of benzene rings is 10. The van der Waals surface area contributed by atoms with E-state index in [1.807, 2.05) is 72.8 Å². The van der Waals surface area contributed by atoms with Crippen LogP contribution in [0.3, 0.4) is 0 Å². The van der Waals surface area contributed by atoms with Gasteiger partial charge in [0.2, 0.25) is 0 Å². The van der Waals surface area contributed by atoms with Gasteiger partial charge in [-0.3, -0.25) is 0 Å². The van der Waals surface area contributed by atoms with E-state index >= 15 is 0 Å². The zero-order valence-electron chi connectivity index (χ0n) is 38.8. The molecule has 0 aliphatic heterocycles. The van der Waals surface area contributed by atoms with Gasteiger partial charge < -0.3 is 9.47 Å². The Hall–Kier alpha value is -7.68. The largest absolute Gasteiger partial charge is 0.310 e. The first kappa shape index (κ1) is 27.0. The van der Waals surface area contributed by atoms with Crippen molar-refractivity contribution in [1.82, 2.24) is 4.57 Å². The maximum atomic E-state index is 10.00. The van der Waals surface area contributed by atoms with Gasteiger partial charge in [-0.1, -0.05) is 176 Å². The van der Waals surface area contributed by atoms with Gasteiger partial charge in [0.1, 0.15) is 0 Å². The lowest BCUT2D eigenvalue weighted by atomic mass is 9.66. The first-order valence-corrected chi connectivity index (χ1v) is 19.9. The molecule has 0 saturated heterocycles. The van der Waals surface area contributed by atoms with E-state index < -0.39 is 35.6 Å². The maximum absolute atomic E-state index is 10.00. The van der Waals surface area contributed by atoms with Gasteiger partial charge >= 0.3 is 0 Å². The second-order valence-electron chi connectivity index (χ2n) is 15.1. The van der Waals surface area contributed by atoms with Crippen LogP contribution in [0.4, 0.5) is 17.1 Å². The number of anilines is 3. The second-order valence-corrected chi connectivity index (χ2v) is 15.1. The van der Waals surface area contributed by atoms with Gasteiger partial charge in [-0.25, -0.2) is 0 Å². The molecule has 12 rings (SSSR count). The van der Waals surface area contributed by atoms with E-state index in [2.05, 4.69) is 125 Å². The average molecular weight is 758 g/mol. The quantitative estimate of drug-likeness (QED) is 0.164. The lowest BCUT2D eigenvalue weighted by Gasteiger charge is -2.35. The molecule has 2 nitrogen and oxygen atoms in total. The number of hydrogen-bond donors (Lipinski definition) is 0. The molecule has 276 valence electrons. The number of hydrogen-bond acceptors (Lipinski definition) is 1. The van der Waals surface area contributed by atoms with E-state index in [4.69, 9.17) is 2.74 Å². The second kappa shape index (κ2) is 13.2. The van der Waals surface area contributed by atoms with E-state index in [1.54, 1.807) is 0 Å². The molecule has 10 aromatic carbocycles. The monoisotopic (exact) mass is 757 g/mol. The Kier molecular flexibility index (Phi) is 6.05. The third-order valence-corrected chi connectivity index (χ3v) is 12.1. The van der Waals surface area contributed by atoms with Gasteiger partial charge in [0.05, 0.1) is 31.7 Å². The van der Waals surface area contributed by atoms with E-state index in [9.17, 15) is 6.85 Å². The van der Waals surface area contributed by atoms with Crippen LogP contribution >= 0.6 is 0 Å². The van der Waals surface area contributed by atoms with Crippen LogP contribution < -0.4 is 4.90 Å². The third kappa shape index (κ3) is 4.93. The van der Waals surface area contributed by atoms with Crippen LogP contribution in [0.15, 0.2) is 230 Å². The molecule has 0 saturated carbocycles. The molecule has 0 amide bonds. The van der Waals surface area contributed by atoms with Crippen molar-refractivity contribution in [2.75, 3.05) is 4.90 Å². The van der Waals surface area contributed by atoms with Crippen LogP contribution in [0.5, 0.6) is 0 Å².